The van der Waals surface area contributed by atoms with Crippen molar-refractivity contribution < 1.29 is 149 Å². The predicted octanol–water partition coefficient (Wildman–Crippen LogP) is -6.44. The lowest BCUT2D eigenvalue weighted by atomic mass is 9.45. The average molecular weight is 1270 g/mol. The fraction of sp³-hybridized carbons (Fsp3) is 0.966. The highest BCUT2D eigenvalue weighted by Gasteiger charge is 2.74. The normalized spacial score (nSPS) is 54.2. The molecule has 36 unspecified atom stereocenters. The van der Waals surface area contributed by atoms with Crippen LogP contribution in [-0.4, -0.2) is 316 Å². The standard InChI is InChI=1S/C58H96O30/c1-22(21-78-50-43(72)39(68)35(64)29(16-59)80-50)8-13-58(77-5)23(2)34-28(88-58)15-57(76)27-7-6-24-14-25(9-11-55(24,3)26(27)10-12-56(34,57)4)79-51-46(75)42(71)47(33(20-63)84-51)85-54-49(87-53-45(74)41(70)37(66)31(18-61)82-53)48(38(67)32(19-62)83-54)86-52-44(73)40(69)36(65)30(17-60)81-52/h6,22-23,25-54,59-76H,7-21H2,1-5H3. The number of fused-ring (bicyclic) bond motifs is 7. The Hall–Kier alpha value is -1.46. The van der Waals surface area contributed by atoms with Gasteiger partial charge < -0.3 is 149 Å². The van der Waals surface area contributed by atoms with Crippen molar-refractivity contribution in [2.24, 2.45) is 40.4 Å². The van der Waals surface area contributed by atoms with Crippen molar-refractivity contribution in [3.05, 3.63) is 11.6 Å². The average Bonchev–Trinajstić information content (AvgIpc) is 1.47. The Morgan fingerprint density at radius 3 is 1.60 bits per heavy atom. The molecule has 18 N–H and O–H groups in total. The lowest BCUT2D eigenvalue weighted by Gasteiger charge is -2.61. The minimum Gasteiger partial charge on any atom is -0.394 e. The van der Waals surface area contributed by atoms with Gasteiger partial charge in [-0.15, -0.1) is 0 Å². The van der Waals surface area contributed by atoms with Crippen molar-refractivity contribution in [3.63, 3.8) is 0 Å². The van der Waals surface area contributed by atoms with E-state index in [-0.39, 0.29) is 47.7 Å². The Morgan fingerprint density at radius 2 is 1.03 bits per heavy atom. The molecule has 0 aromatic rings. The number of ether oxygens (including phenoxy) is 12. The second-order valence-corrected chi connectivity index (χ2v) is 27.0. The van der Waals surface area contributed by atoms with E-state index in [2.05, 4.69) is 26.8 Å². The highest BCUT2D eigenvalue weighted by Crippen LogP contribution is 2.72. The van der Waals surface area contributed by atoms with Crippen LogP contribution in [0.25, 0.3) is 0 Å². The third-order valence-corrected chi connectivity index (χ3v) is 22.1. The van der Waals surface area contributed by atoms with Gasteiger partial charge in [0.2, 0.25) is 0 Å². The molecule has 6 aliphatic heterocycles. The van der Waals surface area contributed by atoms with E-state index >= 15 is 0 Å². The van der Waals surface area contributed by atoms with Crippen molar-refractivity contribution in [3.8, 4) is 0 Å². The molecule has 6 heterocycles. The number of methoxy groups -OCH3 is 1. The van der Waals surface area contributed by atoms with Gasteiger partial charge in [-0.25, -0.2) is 0 Å². The van der Waals surface area contributed by atoms with Gasteiger partial charge in [0.05, 0.1) is 57.5 Å². The molecule has 0 aromatic carbocycles. The number of aliphatic hydroxyl groups excluding tert-OH is 17. The quantitative estimate of drug-likeness (QED) is 0.0504. The zero-order valence-corrected chi connectivity index (χ0v) is 50.1. The number of hydrogen-bond donors (Lipinski definition) is 18. The second-order valence-electron chi connectivity index (χ2n) is 27.0. The van der Waals surface area contributed by atoms with Gasteiger partial charge in [-0.05, 0) is 68.1 Å². The van der Waals surface area contributed by atoms with Crippen LogP contribution in [0.4, 0.5) is 0 Å². The maximum Gasteiger partial charge on any atom is 0.187 e. The highest BCUT2D eigenvalue weighted by molar-refractivity contribution is 5.30. The minimum absolute atomic E-state index is 0.0331. The lowest BCUT2D eigenvalue weighted by molar-refractivity contribution is -0.406. The first kappa shape index (κ1) is 69.4. The Bertz CT molecular complexity index is 2320. The largest absolute Gasteiger partial charge is 0.394 e. The SMILES string of the molecule is COC1(CCC(C)COC2OC(CO)C(O)C(O)C2O)OC2CC3(O)C4CC=C5CC(OC6OC(CO)C(OC7OC(CO)C(O)C(OC8OC(CO)C(O)C(O)C8O)C7OC7OC(CO)C(O)C(O)C7O)C(O)C6O)CCC5(C)C4CCC3(C)C2C1C. The van der Waals surface area contributed by atoms with E-state index in [1.54, 1.807) is 7.11 Å². The van der Waals surface area contributed by atoms with Gasteiger partial charge in [-0.2, -0.15) is 0 Å². The summed E-state index contributed by atoms with van der Waals surface area (Å²) in [6.07, 6.45) is -37.2. The number of aliphatic hydroxyl groups is 18. The molecule has 36 atom stereocenters. The third-order valence-electron chi connectivity index (χ3n) is 22.1. The molecule has 0 spiro atoms. The smallest absolute Gasteiger partial charge is 0.187 e. The first-order valence-electron chi connectivity index (χ1n) is 31.1. The molecule has 0 bridgehead atoms. The molecule has 30 heteroatoms. The molecule has 30 nitrogen and oxygen atoms in total. The molecule has 4 aliphatic carbocycles. The minimum atomic E-state index is -2.08. The molecular formula is C58H96O30. The van der Waals surface area contributed by atoms with Gasteiger partial charge in [0.25, 0.3) is 0 Å². The van der Waals surface area contributed by atoms with E-state index in [1.807, 2.05) is 6.92 Å². The van der Waals surface area contributed by atoms with Crippen molar-refractivity contribution in [2.45, 2.75) is 263 Å². The molecular weight excluding hydrogens is 1180 g/mol. The number of allylic oxidation sites excluding steroid dienone is 1. The topological polar surface area (TPSA) is 475 Å². The van der Waals surface area contributed by atoms with E-state index in [4.69, 9.17) is 56.8 Å². The summed E-state index contributed by atoms with van der Waals surface area (Å²) in [5, 5.41) is 194. The fourth-order valence-electron chi connectivity index (χ4n) is 16.8. The monoisotopic (exact) mass is 1270 g/mol. The van der Waals surface area contributed by atoms with Crippen LogP contribution in [-0.2, 0) is 56.8 Å². The zero-order chi connectivity index (χ0) is 63.9. The van der Waals surface area contributed by atoms with Crippen LogP contribution in [0.3, 0.4) is 0 Å². The fourth-order valence-corrected chi connectivity index (χ4v) is 16.8. The van der Waals surface area contributed by atoms with Crippen LogP contribution in [0.15, 0.2) is 11.6 Å². The van der Waals surface area contributed by atoms with Crippen LogP contribution in [0, 0.1) is 40.4 Å². The zero-order valence-electron chi connectivity index (χ0n) is 50.1. The summed E-state index contributed by atoms with van der Waals surface area (Å²) in [5.74, 6) is -1.18. The molecule has 0 amide bonds. The first-order valence-corrected chi connectivity index (χ1v) is 31.1. The molecule has 3 saturated carbocycles. The Labute approximate surface area is 508 Å². The van der Waals surface area contributed by atoms with Crippen molar-refractivity contribution in [1.29, 1.82) is 0 Å². The maximum atomic E-state index is 13.2. The molecule has 10 rings (SSSR count). The number of rotatable bonds is 20. The molecule has 6 saturated heterocycles. The van der Waals surface area contributed by atoms with Crippen molar-refractivity contribution in [1.82, 2.24) is 0 Å². The third kappa shape index (κ3) is 12.1. The molecule has 508 valence electrons. The van der Waals surface area contributed by atoms with Gasteiger partial charge >= 0.3 is 0 Å². The summed E-state index contributed by atoms with van der Waals surface area (Å²) in [6, 6.07) is 0. The van der Waals surface area contributed by atoms with Gasteiger partial charge in [0.15, 0.2) is 37.2 Å². The summed E-state index contributed by atoms with van der Waals surface area (Å²) in [7, 11) is 1.64. The van der Waals surface area contributed by atoms with Gasteiger partial charge in [-0.1, -0.05) is 39.3 Å². The second kappa shape index (κ2) is 27.3. The molecule has 10 aliphatic rings. The van der Waals surface area contributed by atoms with Crippen LogP contribution >= 0.6 is 0 Å². The summed E-state index contributed by atoms with van der Waals surface area (Å²) < 4.78 is 72.5. The maximum absolute atomic E-state index is 13.2. The van der Waals surface area contributed by atoms with Gasteiger partial charge in [0.1, 0.15) is 122 Å². The Kier molecular flexibility index (Phi) is 21.6. The number of hydrogen-bond acceptors (Lipinski definition) is 30. The van der Waals surface area contributed by atoms with Crippen LogP contribution in [0.1, 0.15) is 85.5 Å². The Morgan fingerprint density at radius 1 is 0.545 bits per heavy atom. The highest BCUT2D eigenvalue weighted by atomic mass is 16.8. The van der Waals surface area contributed by atoms with E-state index in [0.717, 1.165) is 18.4 Å². The summed E-state index contributed by atoms with van der Waals surface area (Å²) in [4.78, 5) is 0. The van der Waals surface area contributed by atoms with Crippen LogP contribution < -0.4 is 0 Å². The molecule has 0 radical (unpaired) electrons. The molecule has 9 fully saturated rings. The summed E-state index contributed by atoms with van der Waals surface area (Å²) >= 11 is 0. The van der Waals surface area contributed by atoms with E-state index < -0.39 is 209 Å². The molecule has 0 aromatic heterocycles. The Balaban J connectivity index is 0.793. The van der Waals surface area contributed by atoms with E-state index in [0.29, 0.717) is 44.9 Å². The van der Waals surface area contributed by atoms with Gasteiger partial charge in [-0.3, -0.25) is 0 Å². The summed E-state index contributed by atoms with van der Waals surface area (Å²) in [6.45, 7) is 4.51. The lowest BCUT2D eigenvalue weighted by Crippen LogP contribution is -2.68. The van der Waals surface area contributed by atoms with Crippen molar-refractivity contribution in [2.75, 3.05) is 46.8 Å². The van der Waals surface area contributed by atoms with E-state index in [1.165, 1.54) is 0 Å². The van der Waals surface area contributed by atoms with Crippen LogP contribution in [0.2, 0.25) is 0 Å². The summed E-state index contributed by atoms with van der Waals surface area (Å²) in [5.41, 5.74) is -0.824. The van der Waals surface area contributed by atoms with Crippen LogP contribution in [0.5, 0.6) is 0 Å². The van der Waals surface area contributed by atoms with Crippen molar-refractivity contribution >= 4 is 0 Å². The van der Waals surface area contributed by atoms with E-state index in [9.17, 15) is 91.9 Å². The molecule has 88 heavy (non-hydrogen) atoms. The first-order chi connectivity index (χ1) is 41.7. The predicted molar refractivity (Wildman–Crippen MR) is 290 cm³/mol. The van der Waals surface area contributed by atoms with Gasteiger partial charge in [0, 0.05) is 37.2 Å².